The lowest BCUT2D eigenvalue weighted by Crippen LogP contribution is -2.00. The standard InChI is InChI=1S/C13H11BrClNO3/c1-7-8(4-12(19-7)13(17)18)6-16-11-5-9(15)2-3-10(11)14/h2-5,16H,6H2,1H3,(H,17,18). The normalized spacial score (nSPS) is 10.5. The van der Waals surface area contributed by atoms with Crippen molar-refractivity contribution in [2.24, 2.45) is 0 Å². The maximum atomic E-state index is 10.8. The first kappa shape index (κ1) is 14.0. The third-order valence-electron chi connectivity index (χ3n) is 2.63. The average Bonchev–Trinajstić information content (AvgIpc) is 2.72. The van der Waals surface area contributed by atoms with Crippen LogP contribution in [0.4, 0.5) is 5.69 Å². The summed E-state index contributed by atoms with van der Waals surface area (Å²) in [6.45, 7) is 2.19. The van der Waals surface area contributed by atoms with Crippen LogP contribution in [0.5, 0.6) is 0 Å². The van der Waals surface area contributed by atoms with E-state index in [0.29, 0.717) is 17.3 Å². The Labute approximate surface area is 123 Å². The first-order chi connectivity index (χ1) is 8.97. The van der Waals surface area contributed by atoms with Crippen molar-refractivity contribution in [3.05, 3.63) is 50.8 Å². The van der Waals surface area contributed by atoms with Gasteiger partial charge in [0, 0.05) is 21.6 Å². The smallest absolute Gasteiger partial charge is 0.371 e. The summed E-state index contributed by atoms with van der Waals surface area (Å²) in [7, 11) is 0. The molecule has 0 aliphatic rings. The Morgan fingerprint density at radius 2 is 2.21 bits per heavy atom. The van der Waals surface area contributed by atoms with Gasteiger partial charge in [-0.2, -0.15) is 0 Å². The van der Waals surface area contributed by atoms with E-state index in [2.05, 4.69) is 21.2 Å². The molecular formula is C13H11BrClNO3. The van der Waals surface area contributed by atoms with Gasteiger partial charge >= 0.3 is 5.97 Å². The molecule has 0 bridgehead atoms. The Morgan fingerprint density at radius 3 is 2.84 bits per heavy atom. The second-order valence-electron chi connectivity index (χ2n) is 3.97. The van der Waals surface area contributed by atoms with Crippen molar-refractivity contribution in [1.29, 1.82) is 0 Å². The van der Waals surface area contributed by atoms with Crippen molar-refractivity contribution >= 4 is 39.2 Å². The van der Waals surface area contributed by atoms with E-state index < -0.39 is 5.97 Å². The predicted octanol–water partition coefficient (Wildman–Crippen LogP) is 4.31. The molecule has 0 aliphatic heterocycles. The number of carboxylic acids is 1. The number of nitrogens with one attached hydrogen (secondary N) is 1. The largest absolute Gasteiger partial charge is 0.475 e. The summed E-state index contributed by atoms with van der Waals surface area (Å²) in [6, 6.07) is 6.93. The minimum absolute atomic E-state index is 0.0561. The van der Waals surface area contributed by atoms with Gasteiger partial charge in [-0.05, 0) is 47.1 Å². The molecule has 0 saturated carbocycles. The molecule has 0 atom stereocenters. The molecule has 0 saturated heterocycles. The molecule has 6 heteroatoms. The lowest BCUT2D eigenvalue weighted by Gasteiger charge is -2.08. The second-order valence-corrected chi connectivity index (χ2v) is 5.27. The molecule has 2 rings (SSSR count). The topological polar surface area (TPSA) is 62.5 Å². The van der Waals surface area contributed by atoms with Crippen molar-refractivity contribution in [2.75, 3.05) is 5.32 Å². The van der Waals surface area contributed by atoms with E-state index in [1.807, 2.05) is 6.07 Å². The number of carboxylic acid groups (broad SMARTS) is 1. The lowest BCUT2D eigenvalue weighted by atomic mass is 10.2. The number of aromatic carboxylic acids is 1. The van der Waals surface area contributed by atoms with E-state index in [1.165, 1.54) is 6.07 Å². The number of furan rings is 1. The van der Waals surface area contributed by atoms with Gasteiger partial charge in [0.15, 0.2) is 0 Å². The Balaban J connectivity index is 2.14. The van der Waals surface area contributed by atoms with Crippen molar-refractivity contribution in [2.45, 2.75) is 13.5 Å². The Morgan fingerprint density at radius 1 is 1.47 bits per heavy atom. The molecule has 2 aromatic rings. The quantitative estimate of drug-likeness (QED) is 0.867. The molecule has 0 amide bonds. The van der Waals surface area contributed by atoms with Gasteiger partial charge in [0.05, 0.1) is 5.69 Å². The van der Waals surface area contributed by atoms with Gasteiger partial charge in [-0.3, -0.25) is 0 Å². The Bertz CT molecular complexity index is 624. The van der Waals surface area contributed by atoms with E-state index in [0.717, 1.165) is 15.7 Å². The summed E-state index contributed by atoms with van der Waals surface area (Å²) in [5.41, 5.74) is 1.63. The Kier molecular flexibility index (Phi) is 4.17. The number of anilines is 1. The van der Waals surface area contributed by atoms with Crippen LogP contribution < -0.4 is 5.32 Å². The second kappa shape index (κ2) is 5.67. The maximum Gasteiger partial charge on any atom is 0.371 e. The Hall–Kier alpha value is -1.46. The minimum Gasteiger partial charge on any atom is -0.475 e. The fraction of sp³-hybridized carbons (Fsp3) is 0.154. The number of carbonyl (C=O) groups is 1. The summed E-state index contributed by atoms with van der Waals surface area (Å²) >= 11 is 9.33. The van der Waals surface area contributed by atoms with Gasteiger partial charge in [-0.15, -0.1) is 0 Å². The van der Waals surface area contributed by atoms with E-state index in [-0.39, 0.29) is 5.76 Å². The fourth-order valence-electron chi connectivity index (χ4n) is 1.62. The highest BCUT2D eigenvalue weighted by atomic mass is 79.9. The third kappa shape index (κ3) is 3.30. The predicted molar refractivity (Wildman–Crippen MR) is 76.9 cm³/mol. The summed E-state index contributed by atoms with van der Waals surface area (Å²) < 4.78 is 6.03. The molecule has 0 aliphatic carbocycles. The van der Waals surface area contributed by atoms with E-state index in [1.54, 1.807) is 19.1 Å². The molecule has 1 heterocycles. The number of aryl methyl sites for hydroxylation is 1. The van der Waals surface area contributed by atoms with E-state index >= 15 is 0 Å². The monoisotopic (exact) mass is 343 g/mol. The highest BCUT2D eigenvalue weighted by Crippen LogP contribution is 2.27. The van der Waals surface area contributed by atoms with Gasteiger partial charge in [0.2, 0.25) is 5.76 Å². The van der Waals surface area contributed by atoms with Gasteiger partial charge in [0.25, 0.3) is 0 Å². The van der Waals surface area contributed by atoms with Gasteiger partial charge in [0.1, 0.15) is 5.76 Å². The molecule has 0 radical (unpaired) electrons. The van der Waals surface area contributed by atoms with Gasteiger partial charge in [-0.1, -0.05) is 11.6 Å². The van der Waals surface area contributed by atoms with Crippen LogP contribution in [0.25, 0.3) is 0 Å². The van der Waals surface area contributed by atoms with Crippen LogP contribution in [0, 0.1) is 6.92 Å². The number of hydrogen-bond acceptors (Lipinski definition) is 3. The number of rotatable bonds is 4. The van der Waals surface area contributed by atoms with Crippen LogP contribution in [0.2, 0.25) is 5.02 Å². The zero-order valence-corrected chi connectivity index (χ0v) is 12.4. The third-order valence-corrected chi connectivity index (χ3v) is 3.56. The van der Waals surface area contributed by atoms with Crippen LogP contribution in [-0.4, -0.2) is 11.1 Å². The van der Waals surface area contributed by atoms with Gasteiger partial charge in [-0.25, -0.2) is 4.79 Å². The van der Waals surface area contributed by atoms with Crippen molar-refractivity contribution in [3.8, 4) is 0 Å². The molecule has 0 spiro atoms. The molecule has 1 aromatic carbocycles. The molecular weight excluding hydrogens is 334 g/mol. The average molecular weight is 345 g/mol. The van der Waals surface area contributed by atoms with Crippen LogP contribution in [0.15, 0.2) is 33.2 Å². The summed E-state index contributed by atoms with van der Waals surface area (Å²) in [4.78, 5) is 10.8. The lowest BCUT2D eigenvalue weighted by molar-refractivity contribution is 0.0661. The molecule has 0 unspecified atom stereocenters. The first-order valence-corrected chi connectivity index (χ1v) is 6.66. The maximum absolute atomic E-state index is 10.8. The highest BCUT2D eigenvalue weighted by Gasteiger charge is 2.13. The van der Waals surface area contributed by atoms with Crippen molar-refractivity contribution < 1.29 is 14.3 Å². The van der Waals surface area contributed by atoms with Crippen LogP contribution in [0.1, 0.15) is 21.9 Å². The molecule has 100 valence electrons. The van der Waals surface area contributed by atoms with Crippen molar-refractivity contribution in [3.63, 3.8) is 0 Å². The summed E-state index contributed by atoms with van der Waals surface area (Å²) in [5, 5.41) is 12.7. The molecule has 0 fully saturated rings. The zero-order valence-electron chi connectivity index (χ0n) is 10.0. The number of halogens is 2. The summed E-state index contributed by atoms with van der Waals surface area (Å²) in [5.74, 6) is -0.541. The van der Waals surface area contributed by atoms with Crippen LogP contribution in [0.3, 0.4) is 0 Å². The van der Waals surface area contributed by atoms with Crippen LogP contribution in [-0.2, 0) is 6.54 Å². The zero-order chi connectivity index (χ0) is 14.0. The molecule has 19 heavy (non-hydrogen) atoms. The SMILES string of the molecule is Cc1oc(C(=O)O)cc1CNc1cc(Cl)ccc1Br. The van der Waals surface area contributed by atoms with Crippen LogP contribution >= 0.6 is 27.5 Å². The van der Waals surface area contributed by atoms with Crippen molar-refractivity contribution in [1.82, 2.24) is 0 Å². The molecule has 2 N–H and O–H groups in total. The highest BCUT2D eigenvalue weighted by molar-refractivity contribution is 9.10. The number of benzene rings is 1. The molecule has 4 nitrogen and oxygen atoms in total. The molecule has 1 aromatic heterocycles. The number of hydrogen-bond donors (Lipinski definition) is 2. The van der Waals surface area contributed by atoms with E-state index in [9.17, 15) is 4.79 Å². The summed E-state index contributed by atoms with van der Waals surface area (Å²) in [6.07, 6.45) is 0. The fourth-order valence-corrected chi connectivity index (χ4v) is 2.18. The van der Waals surface area contributed by atoms with E-state index in [4.69, 9.17) is 21.1 Å². The van der Waals surface area contributed by atoms with Gasteiger partial charge < -0.3 is 14.8 Å². The minimum atomic E-state index is -1.07. The first-order valence-electron chi connectivity index (χ1n) is 5.49.